The SMILES string of the molecule is Cc1nc(C(C)C)c(Cc2ccc(-c3noc(C(F)(F)F)n3)cc2)c(COC(=O)OCc2c(C)c(C)nc(C(C)C)c2Cc2ccc(-c3noc(C(F)(F)F)n3)cc2)c1C. The van der Waals surface area contributed by atoms with Crippen molar-refractivity contribution in [2.75, 3.05) is 0 Å². The molecule has 0 fully saturated rings. The van der Waals surface area contributed by atoms with Gasteiger partial charge in [-0.3, -0.25) is 9.97 Å². The highest BCUT2D eigenvalue weighted by atomic mass is 19.4. The number of alkyl halides is 6. The van der Waals surface area contributed by atoms with Gasteiger partial charge in [0.1, 0.15) is 13.2 Å². The van der Waals surface area contributed by atoms with Gasteiger partial charge in [-0.25, -0.2) is 4.79 Å². The van der Waals surface area contributed by atoms with Gasteiger partial charge in [0.2, 0.25) is 11.6 Å². The summed E-state index contributed by atoms with van der Waals surface area (Å²) < 4.78 is 98.5. The lowest BCUT2D eigenvalue weighted by Crippen LogP contribution is -2.16. The van der Waals surface area contributed by atoms with Crippen molar-refractivity contribution in [3.63, 3.8) is 0 Å². The molecule has 0 amide bonds. The zero-order valence-electron chi connectivity index (χ0n) is 34.1. The van der Waals surface area contributed by atoms with Crippen LogP contribution in [0.5, 0.6) is 0 Å². The van der Waals surface area contributed by atoms with Gasteiger partial charge in [0, 0.05) is 33.9 Å². The normalized spacial score (nSPS) is 12.1. The van der Waals surface area contributed by atoms with Gasteiger partial charge in [0.15, 0.2) is 0 Å². The fourth-order valence-corrected chi connectivity index (χ4v) is 6.77. The molecule has 6 rings (SSSR count). The van der Waals surface area contributed by atoms with Crippen LogP contribution >= 0.6 is 0 Å². The maximum absolute atomic E-state index is 13.4. The van der Waals surface area contributed by atoms with Crippen LogP contribution in [-0.2, 0) is 47.9 Å². The maximum Gasteiger partial charge on any atom is 0.508 e. The molecule has 0 bridgehead atoms. The molecule has 0 saturated heterocycles. The Balaban J connectivity index is 1.20. The Morgan fingerprint density at radius 1 is 0.567 bits per heavy atom. The average Bonchev–Trinajstić information content (AvgIpc) is 3.90. The highest BCUT2D eigenvalue weighted by Gasteiger charge is 2.39. The minimum Gasteiger partial charge on any atom is -0.429 e. The van der Waals surface area contributed by atoms with Gasteiger partial charge in [-0.05, 0) is 96.9 Å². The Bertz CT molecular complexity index is 2320. The van der Waals surface area contributed by atoms with Crippen LogP contribution in [0.3, 0.4) is 0 Å². The van der Waals surface area contributed by atoms with Crippen LogP contribution in [0.15, 0.2) is 57.6 Å². The van der Waals surface area contributed by atoms with Crippen LogP contribution in [0.25, 0.3) is 22.8 Å². The molecule has 6 aromatic rings. The third-order valence-electron chi connectivity index (χ3n) is 10.2. The number of halogens is 6. The first kappa shape index (κ1) is 43.4. The fourth-order valence-electron chi connectivity index (χ4n) is 6.77. The topological polar surface area (TPSA) is 139 Å². The number of aromatic nitrogens is 6. The summed E-state index contributed by atoms with van der Waals surface area (Å²) in [7, 11) is 0. The van der Waals surface area contributed by atoms with Crippen molar-refractivity contribution < 1.29 is 49.7 Å². The molecular formula is C43H42F6N6O5. The molecule has 0 saturated carbocycles. The molecular weight excluding hydrogens is 794 g/mol. The first-order chi connectivity index (χ1) is 28.2. The second-order valence-electron chi connectivity index (χ2n) is 15.1. The van der Waals surface area contributed by atoms with Gasteiger partial charge >= 0.3 is 30.3 Å². The third-order valence-corrected chi connectivity index (χ3v) is 10.2. The van der Waals surface area contributed by atoms with Crippen molar-refractivity contribution in [2.24, 2.45) is 0 Å². The number of hydrogen-bond acceptors (Lipinski definition) is 11. The maximum atomic E-state index is 13.4. The number of benzene rings is 2. The Morgan fingerprint density at radius 2 is 0.917 bits per heavy atom. The number of aryl methyl sites for hydroxylation is 2. The van der Waals surface area contributed by atoms with Gasteiger partial charge in [-0.2, -0.15) is 36.3 Å². The summed E-state index contributed by atoms with van der Waals surface area (Å²) in [5.74, 6) is -3.22. The Kier molecular flexibility index (Phi) is 12.5. The second-order valence-corrected chi connectivity index (χ2v) is 15.1. The summed E-state index contributed by atoms with van der Waals surface area (Å²) in [6.45, 7) is 15.4. The van der Waals surface area contributed by atoms with Crippen LogP contribution in [0, 0.1) is 27.7 Å². The van der Waals surface area contributed by atoms with Gasteiger partial charge in [-0.15, -0.1) is 0 Å². The standard InChI is InChI=1S/C43H42F6N6O5/c1-21(2)35-31(17-27-9-13-29(14-10-27)37-52-39(59-54-37)42(44,45)46)33(23(5)25(7)50-35)19-57-41(56)58-20-34-24(6)26(8)51-36(22(3)4)32(34)18-28-11-15-30(16-12-28)38-53-40(60-55-38)43(47,48)49/h9-16,21-22H,17-20H2,1-8H3. The molecule has 0 spiro atoms. The lowest BCUT2D eigenvalue weighted by atomic mass is 9.90. The molecule has 4 aromatic heterocycles. The molecule has 0 atom stereocenters. The van der Waals surface area contributed by atoms with E-state index in [1.54, 1.807) is 48.5 Å². The first-order valence-electron chi connectivity index (χ1n) is 19.0. The van der Waals surface area contributed by atoms with E-state index >= 15 is 0 Å². The summed E-state index contributed by atoms with van der Waals surface area (Å²) in [6, 6.07) is 13.5. The summed E-state index contributed by atoms with van der Waals surface area (Å²) >= 11 is 0. The van der Waals surface area contributed by atoms with Crippen molar-refractivity contribution in [2.45, 2.75) is 106 Å². The predicted octanol–water partition coefficient (Wildman–Crippen LogP) is 11.1. The second kappa shape index (κ2) is 17.2. The Morgan fingerprint density at radius 3 is 1.22 bits per heavy atom. The molecule has 17 heteroatoms. The number of hydrogen-bond donors (Lipinski definition) is 0. The number of carbonyl (C=O) groups excluding carboxylic acids is 1. The van der Waals surface area contributed by atoms with E-state index in [0.29, 0.717) is 24.0 Å². The van der Waals surface area contributed by atoms with Crippen molar-refractivity contribution in [3.8, 4) is 22.8 Å². The molecule has 0 aliphatic rings. The minimum atomic E-state index is -4.76. The molecule has 0 N–H and O–H groups in total. The summed E-state index contributed by atoms with van der Waals surface area (Å²) in [4.78, 5) is 30.0. The van der Waals surface area contributed by atoms with E-state index in [9.17, 15) is 31.1 Å². The summed E-state index contributed by atoms with van der Waals surface area (Å²) in [5.41, 5.74) is 10.4. The number of nitrogens with zero attached hydrogens (tertiary/aromatic N) is 6. The van der Waals surface area contributed by atoms with Gasteiger partial charge in [0.25, 0.3) is 0 Å². The smallest absolute Gasteiger partial charge is 0.429 e. The molecule has 0 aliphatic carbocycles. The minimum absolute atomic E-state index is 0.00769. The Labute approximate surface area is 341 Å². The van der Waals surface area contributed by atoms with E-state index in [0.717, 1.165) is 67.3 Å². The molecule has 2 aromatic carbocycles. The molecule has 316 valence electrons. The van der Waals surface area contributed by atoms with Crippen LogP contribution in [0.4, 0.5) is 31.1 Å². The van der Waals surface area contributed by atoms with E-state index in [1.807, 2.05) is 55.4 Å². The first-order valence-corrected chi connectivity index (χ1v) is 19.0. The van der Waals surface area contributed by atoms with E-state index in [4.69, 9.17) is 19.4 Å². The number of ether oxygens (including phenoxy) is 2. The highest BCUT2D eigenvalue weighted by molar-refractivity contribution is 5.61. The average molecular weight is 837 g/mol. The molecule has 4 heterocycles. The molecule has 0 aliphatic heterocycles. The van der Waals surface area contributed by atoms with Crippen LogP contribution in [0.2, 0.25) is 0 Å². The van der Waals surface area contributed by atoms with E-state index in [2.05, 4.69) is 29.3 Å². The van der Waals surface area contributed by atoms with Crippen molar-refractivity contribution in [3.05, 3.63) is 128 Å². The van der Waals surface area contributed by atoms with Crippen LogP contribution < -0.4 is 0 Å². The van der Waals surface area contributed by atoms with Gasteiger partial charge in [-0.1, -0.05) is 86.5 Å². The lowest BCUT2D eigenvalue weighted by molar-refractivity contribution is -0.160. The van der Waals surface area contributed by atoms with Crippen LogP contribution in [0.1, 0.15) is 119 Å². The van der Waals surface area contributed by atoms with Crippen molar-refractivity contribution >= 4 is 6.16 Å². The monoisotopic (exact) mass is 836 g/mol. The highest BCUT2D eigenvalue weighted by Crippen LogP contribution is 2.34. The number of rotatable bonds is 12. The molecule has 60 heavy (non-hydrogen) atoms. The quantitative estimate of drug-likeness (QED) is 0.0859. The Hall–Kier alpha value is -6.13. The van der Waals surface area contributed by atoms with E-state index < -0.39 is 30.3 Å². The van der Waals surface area contributed by atoms with Crippen molar-refractivity contribution in [1.82, 2.24) is 30.2 Å². The third kappa shape index (κ3) is 9.66. The molecule has 0 radical (unpaired) electrons. The van der Waals surface area contributed by atoms with E-state index in [1.165, 1.54) is 0 Å². The summed E-state index contributed by atoms with van der Waals surface area (Å²) in [6.07, 6.45) is -9.64. The summed E-state index contributed by atoms with van der Waals surface area (Å²) in [5, 5.41) is 6.93. The fraction of sp³-hybridized carbons (Fsp3) is 0.372. The zero-order chi connectivity index (χ0) is 43.7. The molecule has 0 unspecified atom stereocenters. The predicted molar refractivity (Wildman–Crippen MR) is 206 cm³/mol. The number of pyridine rings is 2. The largest absolute Gasteiger partial charge is 0.508 e. The van der Waals surface area contributed by atoms with E-state index in [-0.39, 0.29) is 36.7 Å². The molecule has 11 nitrogen and oxygen atoms in total. The van der Waals surface area contributed by atoms with Crippen molar-refractivity contribution in [1.29, 1.82) is 0 Å². The van der Waals surface area contributed by atoms with Crippen LogP contribution in [-0.4, -0.2) is 36.4 Å². The van der Waals surface area contributed by atoms with Gasteiger partial charge < -0.3 is 18.5 Å². The van der Waals surface area contributed by atoms with Gasteiger partial charge in [0.05, 0.1) is 0 Å². The zero-order valence-corrected chi connectivity index (χ0v) is 34.1. The lowest BCUT2D eigenvalue weighted by Gasteiger charge is -2.22. The number of carbonyl (C=O) groups is 1.